The number of benzene rings is 6. The Morgan fingerprint density at radius 3 is 1.41 bits per heavy atom. The Balaban J connectivity index is 0.00000125. The predicted molar refractivity (Wildman–Crippen MR) is 174 cm³/mol. The molecule has 0 amide bonds. The van der Waals surface area contributed by atoms with Crippen LogP contribution >= 0.6 is 0 Å². The lowest BCUT2D eigenvalue weighted by molar-refractivity contribution is 0.666. The van der Waals surface area contributed by atoms with E-state index in [0.29, 0.717) is 0 Å². The third-order valence-electron chi connectivity index (χ3n) is 8.12. The molecule has 0 radical (unpaired) electrons. The molecule has 6 aromatic carbocycles. The number of rotatable bonds is 2. The fourth-order valence-corrected chi connectivity index (χ4v) is 6.47. The number of aromatic nitrogens is 2. The topological polar surface area (TPSA) is 23.0 Å². The highest BCUT2D eigenvalue weighted by Crippen LogP contribution is 2.39. The molecule has 0 aliphatic carbocycles. The molecule has 196 valence electrons. The summed E-state index contributed by atoms with van der Waals surface area (Å²) in [6, 6.07) is 47.5. The summed E-state index contributed by atoms with van der Waals surface area (Å²) in [5, 5.41) is 7.25. The van der Waals surface area contributed by atoms with Crippen LogP contribution in [0, 0.1) is 0 Å². The Labute approximate surface area is 237 Å². The molecule has 3 nitrogen and oxygen atoms in total. The highest BCUT2D eigenvalue weighted by molar-refractivity contribution is 6.13. The van der Waals surface area contributed by atoms with Gasteiger partial charge in [0, 0.05) is 38.0 Å². The fourth-order valence-electron chi connectivity index (χ4n) is 6.47. The second-order valence-corrected chi connectivity index (χ2v) is 10.2. The molecule has 0 bridgehead atoms. The SMILES string of the molecule is CC.c1cc(-n2c3ccccc3c3ccccc32)c2oc3ccc(-n4c5ccccc5c5ccccc54)cc3c2c1. The average Bonchev–Trinajstić information content (AvgIpc) is 3.70. The Hall–Kier alpha value is -5.28. The van der Waals surface area contributed by atoms with Crippen LogP contribution in [0.5, 0.6) is 0 Å². The van der Waals surface area contributed by atoms with Gasteiger partial charge in [0.2, 0.25) is 0 Å². The van der Waals surface area contributed by atoms with Crippen molar-refractivity contribution < 1.29 is 4.42 Å². The van der Waals surface area contributed by atoms with Crippen molar-refractivity contribution >= 4 is 65.6 Å². The Morgan fingerprint density at radius 2 is 0.878 bits per heavy atom. The molecule has 3 heterocycles. The van der Waals surface area contributed by atoms with Crippen molar-refractivity contribution in [1.29, 1.82) is 0 Å². The number of fused-ring (bicyclic) bond motifs is 9. The lowest BCUT2D eigenvalue weighted by Crippen LogP contribution is -1.94. The van der Waals surface area contributed by atoms with Crippen molar-refractivity contribution in [3.8, 4) is 11.4 Å². The third-order valence-corrected chi connectivity index (χ3v) is 8.12. The molecule has 0 unspecified atom stereocenters. The zero-order chi connectivity index (χ0) is 27.5. The highest BCUT2D eigenvalue weighted by Gasteiger charge is 2.18. The molecule has 0 aliphatic rings. The smallest absolute Gasteiger partial charge is 0.159 e. The van der Waals surface area contributed by atoms with Gasteiger partial charge in [-0.1, -0.05) is 98.8 Å². The number of para-hydroxylation sites is 5. The van der Waals surface area contributed by atoms with Crippen LogP contribution in [0.3, 0.4) is 0 Å². The minimum absolute atomic E-state index is 0.891. The van der Waals surface area contributed by atoms with Gasteiger partial charge in [-0.3, -0.25) is 0 Å². The minimum atomic E-state index is 0.891. The number of furan rings is 1. The molecule has 0 N–H and O–H groups in total. The molecule has 0 saturated heterocycles. The van der Waals surface area contributed by atoms with E-state index in [9.17, 15) is 0 Å². The maximum atomic E-state index is 6.62. The normalized spacial score (nSPS) is 11.7. The molecule has 41 heavy (non-hydrogen) atoms. The van der Waals surface area contributed by atoms with Crippen LogP contribution in [0.2, 0.25) is 0 Å². The quantitative estimate of drug-likeness (QED) is 0.219. The molecular weight excluding hydrogens is 500 g/mol. The van der Waals surface area contributed by atoms with E-state index in [0.717, 1.165) is 33.3 Å². The largest absolute Gasteiger partial charge is 0.454 e. The van der Waals surface area contributed by atoms with Gasteiger partial charge in [0.15, 0.2) is 5.58 Å². The second-order valence-electron chi connectivity index (χ2n) is 10.2. The highest BCUT2D eigenvalue weighted by atomic mass is 16.3. The summed E-state index contributed by atoms with van der Waals surface area (Å²) in [4.78, 5) is 0. The van der Waals surface area contributed by atoms with Gasteiger partial charge in [0.1, 0.15) is 5.58 Å². The molecule has 3 heteroatoms. The van der Waals surface area contributed by atoms with Crippen LogP contribution in [0.4, 0.5) is 0 Å². The summed E-state index contributed by atoms with van der Waals surface area (Å²) in [7, 11) is 0. The molecular formula is C38H28N2O. The zero-order valence-corrected chi connectivity index (χ0v) is 23.0. The van der Waals surface area contributed by atoms with Crippen LogP contribution in [0.25, 0.3) is 76.9 Å². The molecule has 0 fully saturated rings. The maximum absolute atomic E-state index is 6.62. The molecule has 3 aromatic heterocycles. The first kappa shape index (κ1) is 23.6. The molecule has 9 rings (SSSR count). The van der Waals surface area contributed by atoms with Gasteiger partial charge in [0.05, 0.1) is 27.8 Å². The second kappa shape index (κ2) is 9.14. The Morgan fingerprint density at radius 1 is 0.415 bits per heavy atom. The van der Waals surface area contributed by atoms with Gasteiger partial charge in [0.25, 0.3) is 0 Å². The van der Waals surface area contributed by atoms with Gasteiger partial charge >= 0.3 is 0 Å². The van der Waals surface area contributed by atoms with E-state index in [2.05, 4.69) is 143 Å². The van der Waals surface area contributed by atoms with Crippen LogP contribution < -0.4 is 0 Å². The first-order valence-corrected chi connectivity index (χ1v) is 14.3. The van der Waals surface area contributed by atoms with Gasteiger partial charge < -0.3 is 13.6 Å². The number of nitrogens with zero attached hydrogens (tertiary/aromatic N) is 2. The van der Waals surface area contributed by atoms with E-state index in [1.807, 2.05) is 13.8 Å². The van der Waals surface area contributed by atoms with Crippen molar-refractivity contribution in [1.82, 2.24) is 9.13 Å². The summed E-state index contributed by atoms with van der Waals surface area (Å²) >= 11 is 0. The number of hydrogen-bond donors (Lipinski definition) is 0. The van der Waals surface area contributed by atoms with E-state index in [1.165, 1.54) is 43.6 Å². The lowest BCUT2D eigenvalue weighted by atomic mass is 10.1. The monoisotopic (exact) mass is 528 g/mol. The molecule has 9 aromatic rings. The maximum Gasteiger partial charge on any atom is 0.159 e. The van der Waals surface area contributed by atoms with Crippen molar-refractivity contribution in [2.75, 3.05) is 0 Å². The van der Waals surface area contributed by atoms with Crippen LogP contribution in [-0.2, 0) is 0 Å². The van der Waals surface area contributed by atoms with Gasteiger partial charge in [-0.2, -0.15) is 0 Å². The summed E-state index contributed by atoms with van der Waals surface area (Å²) in [5.74, 6) is 0. The summed E-state index contributed by atoms with van der Waals surface area (Å²) in [6.07, 6.45) is 0. The van der Waals surface area contributed by atoms with Crippen molar-refractivity contribution in [3.05, 3.63) is 133 Å². The van der Waals surface area contributed by atoms with Crippen molar-refractivity contribution in [2.45, 2.75) is 13.8 Å². The average molecular weight is 529 g/mol. The Kier molecular flexibility index (Phi) is 5.26. The van der Waals surface area contributed by atoms with Gasteiger partial charge in [-0.25, -0.2) is 0 Å². The first-order chi connectivity index (χ1) is 20.4. The van der Waals surface area contributed by atoms with Crippen molar-refractivity contribution in [2.24, 2.45) is 0 Å². The predicted octanol–water partition coefficient (Wildman–Crippen LogP) is 10.8. The van der Waals surface area contributed by atoms with Gasteiger partial charge in [-0.15, -0.1) is 0 Å². The molecule has 0 spiro atoms. The van der Waals surface area contributed by atoms with Crippen LogP contribution in [-0.4, -0.2) is 9.13 Å². The first-order valence-electron chi connectivity index (χ1n) is 14.3. The van der Waals surface area contributed by atoms with E-state index in [-0.39, 0.29) is 0 Å². The fraction of sp³-hybridized carbons (Fsp3) is 0.0526. The minimum Gasteiger partial charge on any atom is -0.454 e. The van der Waals surface area contributed by atoms with E-state index >= 15 is 0 Å². The summed E-state index contributed by atoms with van der Waals surface area (Å²) in [5.41, 5.74) is 8.74. The van der Waals surface area contributed by atoms with E-state index in [4.69, 9.17) is 4.42 Å². The number of hydrogen-bond acceptors (Lipinski definition) is 1. The molecule has 0 saturated carbocycles. The van der Waals surface area contributed by atoms with Crippen molar-refractivity contribution in [3.63, 3.8) is 0 Å². The van der Waals surface area contributed by atoms with E-state index < -0.39 is 0 Å². The molecule has 0 atom stereocenters. The van der Waals surface area contributed by atoms with Gasteiger partial charge in [-0.05, 0) is 48.5 Å². The third kappa shape index (κ3) is 3.33. The van der Waals surface area contributed by atoms with Crippen LogP contribution in [0.15, 0.2) is 138 Å². The van der Waals surface area contributed by atoms with E-state index in [1.54, 1.807) is 0 Å². The zero-order valence-electron chi connectivity index (χ0n) is 23.0. The lowest BCUT2D eigenvalue weighted by Gasteiger charge is -2.08. The Bertz CT molecular complexity index is 2290. The van der Waals surface area contributed by atoms with Crippen LogP contribution in [0.1, 0.15) is 13.8 Å². The summed E-state index contributed by atoms with van der Waals surface area (Å²) in [6.45, 7) is 4.00. The summed E-state index contributed by atoms with van der Waals surface area (Å²) < 4.78 is 11.3. The molecule has 0 aliphatic heterocycles. The standard InChI is InChI=1S/C36H22N2O.C2H6/c1-5-15-30-24(10-1)25-11-2-6-16-31(25)37(30)23-20-21-35-29(22-23)28-14-9-19-34(36(28)39-35)38-32-17-7-3-12-26(32)27-13-4-8-18-33(27)38;1-2/h1-22H;1-2H3.